The van der Waals surface area contributed by atoms with Crippen LogP contribution in [0.5, 0.6) is 11.9 Å². The Hall–Kier alpha value is -3.66. The summed E-state index contributed by atoms with van der Waals surface area (Å²) in [4.78, 5) is 14.7. The van der Waals surface area contributed by atoms with Crippen LogP contribution in [0.1, 0.15) is 32.6 Å². The molecule has 2 aromatic carbocycles. The molecule has 3 N–H and O–H groups in total. The number of alkyl halides is 1. The van der Waals surface area contributed by atoms with E-state index in [0.717, 1.165) is 43.7 Å². The zero-order valence-electron chi connectivity index (χ0n) is 22.9. The first-order valence-corrected chi connectivity index (χ1v) is 14.9. The number of nitrogens with two attached hydrogens (primary N) is 1. The summed E-state index contributed by atoms with van der Waals surface area (Å²) in [7, 11) is 0. The van der Waals surface area contributed by atoms with E-state index < -0.39 is 23.3 Å². The second-order valence-corrected chi connectivity index (χ2v) is 12.5. The smallest absolute Gasteiger partial charge is 0.320 e. The molecular weight excluding hydrogens is 565 g/mol. The third-order valence-electron chi connectivity index (χ3n) is 8.89. The van der Waals surface area contributed by atoms with Gasteiger partial charge in [0.1, 0.15) is 30.2 Å². The topological polar surface area (TPSA) is 89.9 Å². The largest absolute Gasteiger partial charge is 0.472 e. The summed E-state index contributed by atoms with van der Waals surface area (Å²) in [6.07, 6.45) is 1.80. The Bertz CT molecular complexity index is 1760. The van der Waals surface area contributed by atoms with Gasteiger partial charge in [-0.3, -0.25) is 4.90 Å². The molecule has 42 heavy (non-hydrogen) atoms. The highest BCUT2D eigenvalue weighted by atomic mass is 32.1. The molecule has 7 rings (SSSR count). The van der Waals surface area contributed by atoms with Crippen molar-refractivity contribution in [3.8, 4) is 23.0 Å². The number of anilines is 1. The lowest BCUT2D eigenvalue weighted by atomic mass is 9.95. The molecular formula is C30H29F3N6O2S. The molecule has 3 aliphatic rings. The Morgan fingerprint density at radius 3 is 2.86 bits per heavy atom. The van der Waals surface area contributed by atoms with E-state index in [4.69, 9.17) is 21.8 Å². The monoisotopic (exact) mass is 594 g/mol. The standard InChI is InChI=1S/C30H29F3N6O2S/c1-15-21(8-10-36-15)41-28-19-5-4-18(17-6-7-20(32)26-22(17)25(35-2)27(34)42-26)23(33)24(19)37-29(38-28)40-14-30-9-3-11-39(30)13-16(31)12-30/h4-7,15-16,21,36H,3,8-14,34H2,1H3. The molecule has 0 amide bonds. The molecule has 3 aliphatic heterocycles. The minimum atomic E-state index is -0.916. The van der Waals surface area contributed by atoms with Gasteiger partial charge in [0.15, 0.2) is 5.82 Å². The van der Waals surface area contributed by atoms with Crippen molar-refractivity contribution in [1.29, 1.82) is 0 Å². The van der Waals surface area contributed by atoms with Gasteiger partial charge in [0.05, 0.1) is 27.2 Å². The molecule has 4 unspecified atom stereocenters. The zero-order chi connectivity index (χ0) is 29.2. The highest BCUT2D eigenvalue weighted by molar-refractivity contribution is 7.23. The molecule has 5 heterocycles. The lowest BCUT2D eigenvalue weighted by Crippen LogP contribution is -2.43. The van der Waals surface area contributed by atoms with Crippen molar-refractivity contribution in [2.24, 2.45) is 0 Å². The number of nitrogen functional groups attached to an aromatic ring is 1. The molecule has 0 radical (unpaired) electrons. The van der Waals surface area contributed by atoms with Crippen LogP contribution in [0.4, 0.5) is 23.9 Å². The van der Waals surface area contributed by atoms with Gasteiger partial charge in [0.2, 0.25) is 11.6 Å². The fraction of sp³-hybridized carbons (Fsp3) is 0.433. The minimum absolute atomic E-state index is 0.0216. The van der Waals surface area contributed by atoms with Crippen molar-refractivity contribution in [3.63, 3.8) is 0 Å². The van der Waals surface area contributed by atoms with Gasteiger partial charge in [-0.2, -0.15) is 9.97 Å². The van der Waals surface area contributed by atoms with E-state index in [0.29, 0.717) is 23.9 Å². The maximum Gasteiger partial charge on any atom is 0.320 e. The lowest BCUT2D eigenvalue weighted by molar-refractivity contribution is 0.106. The van der Waals surface area contributed by atoms with Crippen molar-refractivity contribution >= 4 is 43.0 Å². The predicted molar refractivity (Wildman–Crippen MR) is 156 cm³/mol. The van der Waals surface area contributed by atoms with Crippen LogP contribution in [0, 0.1) is 18.2 Å². The third-order valence-corrected chi connectivity index (χ3v) is 9.91. The fourth-order valence-electron chi connectivity index (χ4n) is 6.77. The first kappa shape index (κ1) is 27.2. The Balaban J connectivity index is 1.34. The molecule has 12 heteroatoms. The molecule has 2 aromatic heterocycles. The van der Waals surface area contributed by atoms with E-state index in [1.165, 1.54) is 12.1 Å². The van der Waals surface area contributed by atoms with Crippen LogP contribution in [-0.4, -0.2) is 65.0 Å². The number of nitrogens with zero attached hydrogens (tertiary/aromatic N) is 4. The van der Waals surface area contributed by atoms with Crippen LogP contribution in [0.2, 0.25) is 0 Å². The molecule has 3 fully saturated rings. The van der Waals surface area contributed by atoms with Gasteiger partial charge in [0, 0.05) is 30.0 Å². The number of benzene rings is 2. The average Bonchev–Trinajstić information content (AvgIpc) is 3.71. The Kier molecular flexibility index (Phi) is 6.64. The number of hydrogen-bond acceptors (Lipinski definition) is 8. The number of hydrogen-bond donors (Lipinski definition) is 2. The highest BCUT2D eigenvalue weighted by Gasteiger charge is 2.49. The summed E-state index contributed by atoms with van der Waals surface area (Å²) >= 11 is 0.961. The van der Waals surface area contributed by atoms with Crippen molar-refractivity contribution in [1.82, 2.24) is 20.2 Å². The Labute approximate surface area is 244 Å². The maximum atomic E-state index is 16.5. The third kappa shape index (κ3) is 4.33. The first-order valence-electron chi connectivity index (χ1n) is 14.1. The number of fused-ring (bicyclic) bond motifs is 3. The number of halogens is 3. The van der Waals surface area contributed by atoms with Gasteiger partial charge in [-0.1, -0.05) is 12.1 Å². The second-order valence-electron chi connectivity index (χ2n) is 11.4. The summed E-state index contributed by atoms with van der Waals surface area (Å²) in [5.41, 5.74) is 6.13. The maximum absolute atomic E-state index is 16.5. The van der Waals surface area contributed by atoms with Gasteiger partial charge >= 0.3 is 6.01 Å². The zero-order valence-corrected chi connectivity index (χ0v) is 23.7. The summed E-state index contributed by atoms with van der Waals surface area (Å²) in [6.45, 7) is 11.8. The quantitative estimate of drug-likeness (QED) is 0.265. The van der Waals surface area contributed by atoms with Gasteiger partial charge in [-0.15, -0.1) is 11.3 Å². The van der Waals surface area contributed by atoms with E-state index in [1.54, 1.807) is 12.1 Å². The normalized spacial score (nSPS) is 25.7. The van der Waals surface area contributed by atoms with E-state index >= 15 is 4.39 Å². The number of nitrogens with one attached hydrogen (secondary N) is 1. The van der Waals surface area contributed by atoms with Gasteiger partial charge < -0.3 is 20.5 Å². The fourth-order valence-corrected chi connectivity index (χ4v) is 7.71. The SMILES string of the molecule is [C-]#[N+]c1c(N)sc2c(F)ccc(-c3ccc4c(OC5CCNC5C)nc(OCC56CCCN5CC(F)C6)nc4c3F)c12. The summed E-state index contributed by atoms with van der Waals surface area (Å²) in [5.74, 6) is -1.01. The Morgan fingerprint density at radius 2 is 2.07 bits per heavy atom. The lowest BCUT2D eigenvalue weighted by Gasteiger charge is -2.30. The van der Waals surface area contributed by atoms with Crippen molar-refractivity contribution in [2.75, 3.05) is 32.0 Å². The van der Waals surface area contributed by atoms with Crippen molar-refractivity contribution < 1.29 is 22.6 Å². The molecule has 0 spiro atoms. The van der Waals surface area contributed by atoms with Crippen LogP contribution in [0.15, 0.2) is 24.3 Å². The molecule has 4 atom stereocenters. The molecule has 8 nitrogen and oxygen atoms in total. The van der Waals surface area contributed by atoms with E-state index in [2.05, 4.69) is 25.0 Å². The number of aromatic nitrogens is 2. The van der Waals surface area contributed by atoms with Crippen LogP contribution < -0.4 is 20.5 Å². The van der Waals surface area contributed by atoms with Crippen LogP contribution >= 0.6 is 11.3 Å². The number of rotatable bonds is 6. The second kappa shape index (κ2) is 10.3. The van der Waals surface area contributed by atoms with Crippen molar-refractivity contribution in [3.05, 3.63) is 47.3 Å². The molecule has 0 aliphatic carbocycles. The van der Waals surface area contributed by atoms with Crippen LogP contribution in [0.3, 0.4) is 0 Å². The van der Waals surface area contributed by atoms with Gasteiger partial charge in [-0.05, 0) is 57.0 Å². The molecule has 4 aromatic rings. The summed E-state index contributed by atoms with van der Waals surface area (Å²) < 4.78 is 58.2. The van der Waals surface area contributed by atoms with Gasteiger partial charge in [0.25, 0.3) is 0 Å². The van der Waals surface area contributed by atoms with Crippen LogP contribution in [-0.2, 0) is 0 Å². The van der Waals surface area contributed by atoms with E-state index in [-0.39, 0.29) is 62.5 Å². The summed E-state index contributed by atoms with van der Waals surface area (Å²) in [6, 6.07) is 5.94. The average molecular weight is 595 g/mol. The Morgan fingerprint density at radius 1 is 1.24 bits per heavy atom. The predicted octanol–water partition coefficient (Wildman–Crippen LogP) is 6.01. The van der Waals surface area contributed by atoms with E-state index in [1.807, 2.05) is 6.92 Å². The molecule has 0 bridgehead atoms. The number of ether oxygens (including phenoxy) is 2. The summed E-state index contributed by atoms with van der Waals surface area (Å²) in [5, 5.41) is 4.14. The molecule has 0 saturated carbocycles. The number of thiophene rings is 1. The van der Waals surface area contributed by atoms with Crippen LogP contribution in [0.25, 0.3) is 37.0 Å². The molecule has 3 saturated heterocycles. The molecule has 218 valence electrons. The van der Waals surface area contributed by atoms with Crippen molar-refractivity contribution in [2.45, 2.75) is 56.5 Å². The van der Waals surface area contributed by atoms with Gasteiger partial charge in [-0.25, -0.2) is 18.0 Å². The first-order chi connectivity index (χ1) is 20.3. The van der Waals surface area contributed by atoms with E-state index in [9.17, 15) is 8.78 Å². The highest BCUT2D eigenvalue weighted by Crippen LogP contribution is 2.47. The minimum Gasteiger partial charge on any atom is -0.472 e.